The number of aryl methyl sites for hydroxylation is 2. The minimum absolute atomic E-state index is 0.652. The van der Waals surface area contributed by atoms with Crippen molar-refractivity contribution in [2.45, 2.75) is 20.3 Å². The van der Waals surface area contributed by atoms with Gasteiger partial charge in [-0.05, 0) is 49.6 Å². The van der Waals surface area contributed by atoms with Crippen LogP contribution >= 0.6 is 15.9 Å². The molecule has 0 amide bonds. The third-order valence-corrected chi connectivity index (χ3v) is 3.93. The van der Waals surface area contributed by atoms with Crippen LogP contribution in [0.4, 0.5) is 0 Å². The second-order valence-corrected chi connectivity index (χ2v) is 4.60. The topological polar surface area (TPSA) is 39.2 Å². The molecule has 2 N–H and O–H groups in total. The summed E-state index contributed by atoms with van der Waals surface area (Å²) in [7, 11) is 0. The van der Waals surface area contributed by atoms with Crippen molar-refractivity contribution in [3.63, 3.8) is 0 Å². The highest BCUT2D eigenvalue weighted by Crippen LogP contribution is 2.32. The molecule has 0 radical (unpaired) electrons. The van der Waals surface area contributed by atoms with E-state index in [9.17, 15) is 0 Å². The molecule has 0 fully saturated rings. The van der Waals surface area contributed by atoms with Gasteiger partial charge in [0.2, 0.25) is 0 Å². The Kier molecular flexibility index (Phi) is 2.85. The minimum Gasteiger partial charge on any atom is -0.464 e. The van der Waals surface area contributed by atoms with E-state index in [0.717, 1.165) is 16.5 Å². The second-order valence-electron chi connectivity index (χ2n) is 3.81. The molecule has 0 saturated heterocycles. The Balaban J connectivity index is 2.74. The zero-order valence-corrected chi connectivity index (χ0v) is 10.5. The second kappa shape index (κ2) is 3.99. The molecule has 2 aromatic rings. The van der Waals surface area contributed by atoms with Crippen LogP contribution in [-0.4, -0.2) is 6.54 Å². The van der Waals surface area contributed by atoms with Gasteiger partial charge in [0.15, 0.2) is 0 Å². The van der Waals surface area contributed by atoms with E-state index in [0.29, 0.717) is 6.54 Å². The fourth-order valence-electron chi connectivity index (χ4n) is 1.95. The van der Waals surface area contributed by atoms with Crippen molar-refractivity contribution in [2.75, 3.05) is 6.54 Å². The number of hydrogen-bond donors (Lipinski definition) is 1. The normalized spacial score (nSPS) is 11.2. The highest BCUT2D eigenvalue weighted by atomic mass is 79.9. The van der Waals surface area contributed by atoms with Crippen molar-refractivity contribution in [3.05, 3.63) is 33.5 Å². The van der Waals surface area contributed by atoms with Crippen LogP contribution in [0.25, 0.3) is 11.0 Å². The molecule has 0 atom stereocenters. The molecule has 2 nitrogen and oxygen atoms in total. The molecule has 80 valence electrons. The molecule has 0 unspecified atom stereocenters. The summed E-state index contributed by atoms with van der Waals surface area (Å²) in [6.07, 6.45) is 2.68. The number of halogens is 1. The summed E-state index contributed by atoms with van der Waals surface area (Å²) in [4.78, 5) is 0. The van der Waals surface area contributed by atoms with Gasteiger partial charge in [0.05, 0.1) is 6.26 Å². The number of rotatable bonds is 2. The Bertz CT molecular complexity index is 502. The third-order valence-electron chi connectivity index (χ3n) is 2.71. The number of fused-ring (bicyclic) bond motifs is 1. The van der Waals surface area contributed by atoms with Crippen molar-refractivity contribution < 1.29 is 4.42 Å². The summed E-state index contributed by atoms with van der Waals surface area (Å²) >= 11 is 3.60. The van der Waals surface area contributed by atoms with Gasteiger partial charge in [0.25, 0.3) is 0 Å². The van der Waals surface area contributed by atoms with Crippen molar-refractivity contribution >= 4 is 26.9 Å². The standard InChI is InChI=1S/C12H14BrNO/c1-7-5-10-11(8(2)12(7)13)9(3-4-14)6-15-10/h5-6H,3-4,14H2,1-2H3. The van der Waals surface area contributed by atoms with Crippen molar-refractivity contribution in [1.29, 1.82) is 0 Å². The largest absolute Gasteiger partial charge is 0.464 e. The Morgan fingerprint density at radius 1 is 1.40 bits per heavy atom. The van der Waals surface area contributed by atoms with E-state index in [-0.39, 0.29) is 0 Å². The van der Waals surface area contributed by atoms with Crippen molar-refractivity contribution in [3.8, 4) is 0 Å². The molecular formula is C12H14BrNO. The van der Waals surface area contributed by atoms with E-state index >= 15 is 0 Å². The van der Waals surface area contributed by atoms with Crippen LogP contribution in [0.15, 0.2) is 21.2 Å². The molecule has 0 spiro atoms. The fourth-order valence-corrected chi connectivity index (χ4v) is 2.26. The van der Waals surface area contributed by atoms with Crippen LogP contribution in [0.5, 0.6) is 0 Å². The molecule has 1 aromatic heterocycles. The van der Waals surface area contributed by atoms with E-state index < -0.39 is 0 Å². The molecule has 0 bridgehead atoms. The zero-order chi connectivity index (χ0) is 11.0. The van der Waals surface area contributed by atoms with Gasteiger partial charge in [-0.1, -0.05) is 15.9 Å². The SMILES string of the molecule is Cc1cc2occ(CCN)c2c(C)c1Br. The Morgan fingerprint density at radius 2 is 2.13 bits per heavy atom. The van der Waals surface area contributed by atoms with Crippen LogP contribution in [0, 0.1) is 13.8 Å². The van der Waals surface area contributed by atoms with Crippen LogP contribution in [0.1, 0.15) is 16.7 Å². The summed E-state index contributed by atoms with van der Waals surface area (Å²) in [5, 5.41) is 1.21. The summed E-state index contributed by atoms with van der Waals surface area (Å²) in [5.74, 6) is 0. The molecule has 15 heavy (non-hydrogen) atoms. The lowest BCUT2D eigenvalue weighted by molar-refractivity contribution is 0.610. The first kappa shape index (κ1) is 10.7. The lowest BCUT2D eigenvalue weighted by Gasteiger charge is -2.05. The first-order valence-electron chi connectivity index (χ1n) is 5.01. The van der Waals surface area contributed by atoms with Gasteiger partial charge in [0, 0.05) is 9.86 Å². The van der Waals surface area contributed by atoms with E-state index in [1.165, 1.54) is 22.1 Å². The lowest BCUT2D eigenvalue weighted by atomic mass is 10.0. The summed E-state index contributed by atoms with van der Waals surface area (Å²) in [6.45, 7) is 4.83. The number of furan rings is 1. The first-order valence-corrected chi connectivity index (χ1v) is 5.80. The van der Waals surface area contributed by atoms with E-state index in [1.54, 1.807) is 0 Å². The molecule has 3 heteroatoms. The Labute approximate surface area is 97.6 Å². The Morgan fingerprint density at radius 3 is 2.80 bits per heavy atom. The quantitative estimate of drug-likeness (QED) is 0.907. The third kappa shape index (κ3) is 1.70. The van der Waals surface area contributed by atoms with E-state index in [2.05, 4.69) is 35.8 Å². The maximum absolute atomic E-state index is 5.58. The van der Waals surface area contributed by atoms with E-state index in [4.69, 9.17) is 10.2 Å². The molecule has 0 aliphatic rings. The predicted octanol–water partition coefficient (Wildman–Crippen LogP) is 3.31. The van der Waals surface area contributed by atoms with Gasteiger partial charge < -0.3 is 10.2 Å². The maximum atomic E-state index is 5.58. The molecule has 1 heterocycles. The van der Waals surface area contributed by atoms with Gasteiger partial charge in [-0.25, -0.2) is 0 Å². The highest BCUT2D eigenvalue weighted by Gasteiger charge is 2.12. The summed E-state index contributed by atoms with van der Waals surface area (Å²) in [5.41, 5.74) is 10.2. The lowest BCUT2D eigenvalue weighted by Crippen LogP contribution is -2.02. The smallest absolute Gasteiger partial charge is 0.134 e. The van der Waals surface area contributed by atoms with Crippen LogP contribution < -0.4 is 5.73 Å². The molecule has 0 aliphatic heterocycles. The Hall–Kier alpha value is -0.800. The van der Waals surface area contributed by atoms with E-state index in [1.807, 2.05) is 6.26 Å². The van der Waals surface area contributed by atoms with Crippen LogP contribution in [-0.2, 0) is 6.42 Å². The van der Waals surface area contributed by atoms with Gasteiger partial charge in [-0.3, -0.25) is 0 Å². The molecule has 1 aromatic carbocycles. The zero-order valence-electron chi connectivity index (χ0n) is 8.93. The maximum Gasteiger partial charge on any atom is 0.134 e. The number of hydrogen-bond acceptors (Lipinski definition) is 2. The number of nitrogens with two attached hydrogens (primary N) is 1. The van der Waals surface area contributed by atoms with Gasteiger partial charge in [0.1, 0.15) is 5.58 Å². The van der Waals surface area contributed by atoms with Gasteiger partial charge >= 0.3 is 0 Å². The van der Waals surface area contributed by atoms with Crippen LogP contribution in [0.2, 0.25) is 0 Å². The fraction of sp³-hybridized carbons (Fsp3) is 0.333. The summed E-state index contributed by atoms with van der Waals surface area (Å²) in [6, 6.07) is 2.06. The average Bonchev–Trinajstić information content (AvgIpc) is 2.59. The average molecular weight is 268 g/mol. The molecule has 2 rings (SSSR count). The van der Waals surface area contributed by atoms with Crippen molar-refractivity contribution in [2.24, 2.45) is 5.73 Å². The first-order chi connectivity index (χ1) is 7.15. The summed E-state index contributed by atoms with van der Waals surface area (Å²) < 4.78 is 6.70. The predicted molar refractivity (Wildman–Crippen MR) is 66.1 cm³/mol. The highest BCUT2D eigenvalue weighted by molar-refractivity contribution is 9.10. The van der Waals surface area contributed by atoms with Gasteiger partial charge in [-0.15, -0.1) is 0 Å². The number of benzene rings is 1. The monoisotopic (exact) mass is 267 g/mol. The minimum atomic E-state index is 0.652. The van der Waals surface area contributed by atoms with Gasteiger partial charge in [-0.2, -0.15) is 0 Å². The molecule has 0 saturated carbocycles. The molecule has 0 aliphatic carbocycles. The van der Waals surface area contributed by atoms with Crippen LogP contribution in [0.3, 0.4) is 0 Å². The van der Waals surface area contributed by atoms with Crippen molar-refractivity contribution in [1.82, 2.24) is 0 Å². The molecular weight excluding hydrogens is 254 g/mol.